The number of thioether (sulfide) groups is 1. The second-order valence-corrected chi connectivity index (χ2v) is 7.79. The van der Waals surface area contributed by atoms with Gasteiger partial charge in [-0.25, -0.2) is 0 Å². The highest BCUT2D eigenvalue weighted by molar-refractivity contribution is 7.99. The molecule has 0 aromatic carbocycles. The van der Waals surface area contributed by atoms with Crippen LogP contribution in [0.1, 0.15) is 19.8 Å². The number of carbonyl (C=O) groups excluding carboxylic acids is 1. The Hall–Kier alpha value is -1.59. The highest BCUT2D eigenvalue weighted by Crippen LogP contribution is 2.06. The highest BCUT2D eigenvalue weighted by Gasteiger charge is 2.03. The Morgan fingerprint density at radius 1 is 1.08 bits per heavy atom. The molecule has 142 valence electrons. The molecule has 0 bridgehead atoms. The molecule has 0 aromatic rings. The van der Waals surface area contributed by atoms with Gasteiger partial charge in [-0.1, -0.05) is 61.6 Å². The van der Waals surface area contributed by atoms with Gasteiger partial charge in [0.05, 0.1) is 6.61 Å². The van der Waals surface area contributed by atoms with E-state index in [1.54, 1.807) is 0 Å². The lowest BCUT2D eigenvalue weighted by atomic mass is 10.3. The third-order valence-corrected chi connectivity index (χ3v) is 4.41. The first-order valence-corrected chi connectivity index (χ1v) is 10.6. The van der Waals surface area contributed by atoms with Crippen molar-refractivity contribution in [2.75, 3.05) is 24.7 Å². The molecule has 1 unspecified atom stereocenters. The van der Waals surface area contributed by atoms with Crippen molar-refractivity contribution in [1.82, 2.24) is 5.32 Å². The quantitative estimate of drug-likeness (QED) is 0.421. The average molecular weight is 392 g/mol. The lowest BCUT2D eigenvalue weighted by molar-refractivity contribution is -0.120. The molecule has 0 radical (unpaired) electrons. The van der Waals surface area contributed by atoms with E-state index in [-0.39, 0.29) is 11.2 Å². The number of ether oxygens (including phenoxy) is 1. The van der Waals surface area contributed by atoms with Crippen molar-refractivity contribution in [3.63, 3.8) is 0 Å². The molecule has 0 spiro atoms. The van der Waals surface area contributed by atoms with E-state index in [1.807, 2.05) is 85.5 Å². The van der Waals surface area contributed by atoms with Crippen LogP contribution in [0.4, 0.5) is 0 Å². The van der Waals surface area contributed by atoms with E-state index in [4.69, 9.17) is 4.74 Å². The predicted octanol–water partition coefficient (Wildman–Crippen LogP) is 4.63. The summed E-state index contributed by atoms with van der Waals surface area (Å²) in [6.07, 6.45) is 23.2. The summed E-state index contributed by atoms with van der Waals surface area (Å²) >= 11 is 6.04. The number of rotatable bonds is 10. The molecule has 0 fully saturated rings. The van der Waals surface area contributed by atoms with Gasteiger partial charge in [-0.15, -0.1) is 0 Å². The number of thiol groups is 1. The molecule has 1 aliphatic rings. The van der Waals surface area contributed by atoms with E-state index < -0.39 is 0 Å². The van der Waals surface area contributed by atoms with Gasteiger partial charge in [0.2, 0.25) is 5.91 Å². The van der Waals surface area contributed by atoms with Crippen LogP contribution in [0.3, 0.4) is 0 Å². The molecule has 0 aromatic heterocycles. The maximum Gasteiger partial charge on any atom is 0.221 e. The fraction of sp³-hybridized carbons (Fsp3) is 0.381. The van der Waals surface area contributed by atoms with Gasteiger partial charge in [-0.2, -0.15) is 24.4 Å². The number of nitrogens with one attached hydrogen (secondary N) is 1. The molecule has 0 aliphatic heterocycles. The van der Waals surface area contributed by atoms with Crippen molar-refractivity contribution in [3.8, 4) is 0 Å². The summed E-state index contributed by atoms with van der Waals surface area (Å²) in [6.45, 7) is 3.31. The van der Waals surface area contributed by atoms with Crippen molar-refractivity contribution in [1.29, 1.82) is 0 Å². The summed E-state index contributed by atoms with van der Waals surface area (Å²) in [5.74, 6) is 2.86. The molecule has 0 saturated heterocycles. The van der Waals surface area contributed by atoms with Gasteiger partial charge in [0, 0.05) is 24.0 Å². The van der Waals surface area contributed by atoms with Gasteiger partial charge in [-0.3, -0.25) is 4.79 Å². The summed E-state index contributed by atoms with van der Waals surface area (Å²) in [6, 6.07) is 0. The van der Waals surface area contributed by atoms with E-state index >= 15 is 0 Å². The van der Waals surface area contributed by atoms with E-state index in [2.05, 4.69) is 17.9 Å². The first kappa shape index (κ1) is 22.5. The second-order valence-electron chi connectivity index (χ2n) is 5.69. The maximum atomic E-state index is 11.5. The first-order chi connectivity index (χ1) is 12.7. The summed E-state index contributed by atoms with van der Waals surface area (Å²) in [5, 5.41) is 3.02. The molecule has 1 N–H and O–H groups in total. The molecule has 1 aliphatic carbocycles. The van der Waals surface area contributed by atoms with Gasteiger partial charge in [0.1, 0.15) is 5.76 Å². The van der Waals surface area contributed by atoms with Crippen molar-refractivity contribution in [3.05, 3.63) is 72.6 Å². The Labute approximate surface area is 167 Å². The van der Waals surface area contributed by atoms with Crippen molar-refractivity contribution < 1.29 is 9.53 Å². The molecular weight excluding hydrogens is 362 g/mol. The fourth-order valence-corrected chi connectivity index (χ4v) is 2.90. The van der Waals surface area contributed by atoms with Gasteiger partial charge in [0.15, 0.2) is 0 Å². The molecular formula is C21H29NO2S2. The zero-order valence-corrected chi connectivity index (χ0v) is 17.1. The van der Waals surface area contributed by atoms with E-state index in [0.717, 1.165) is 23.7 Å². The Balaban J connectivity index is 2.16. The molecule has 3 nitrogen and oxygen atoms in total. The van der Waals surface area contributed by atoms with Crippen LogP contribution in [0.25, 0.3) is 0 Å². The largest absolute Gasteiger partial charge is 0.494 e. The number of hydrogen-bond donors (Lipinski definition) is 2. The number of amides is 1. The van der Waals surface area contributed by atoms with Crippen LogP contribution in [0.2, 0.25) is 0 Å². The van der Waals surface area contributed by atoms with E-state index in [1.165, 1.54) is 0 Å². The molecule has 1 amide bonds. The first-order valence-electron chi connectivity index (χ1n) is 8.89. The number of carbonyl (C=O) groups is 1. The Bertz CT molecular complexity index is 573. The molecule has 0 saturated carbocycles. The van der Waals surface area contributed by atoms with Gasteiger partial charge in [-0.05, 0) is 24.3 Å². The second kappa shape index (κ2) is 15.6. The van der Waals surface area contributed by atoms with E-state index in [9.17, 15) is 4.79 Å². The third kappa shape index (κ3) is 13.7. The summed E-state index contributed by atoms with van der Waals surface area (Å²) in [4.78, 5) is 11.5. The van der Waals surface area contributed by atoms with Crippen molar-refractivity contribution >= 4 is 30.3 Å². The zero-order chi connectivity index (χ0) is 18.9. The van der Waals surface area contributed by atoms with Gasteiger partial charge in [0.25, 0.3) is 0 Å². The summed E-state index contributed by atoms with van der Waals surface area (Å²) in [7, 11) is 0. The van der Waals surface area contributed by atoms with E-state index in [0.29, 0.717) is 19.6 Å². The third-order valence-electron chi connectivity index (χ3n) is 3.16. The van der Waals surface area contributed by atoms with Crippen molar-refractivity contribution in [2.45, 2.75) is 25.0 Å². The number of hydrogen-bond acceptors (Lipinski definition) is 4. The average Bonchev–Trinajstić information content (AvgIpc) is 2.58. The standard InChI is InChI=1S/C21H29NO2S2/c1-19(25)18-21(23)22-14-17-26-16-11-15-24-20-12-9-7-5-3-2-4-6-8-10-13-20/h2-10,12-13,19,25H,11,14-18H2,1H3,(H,22,23)/b3-2-,4-2?,5-3?,6-4-,7-5-,8-6?,9-7?,10-8-,12-9-,13-10?,20-12?,20-13+. The Morgan fingerprint density at radius 3 is 2.42 bits per heavy atom. The van der Waals surface area contributed by atoms with Crippen molar-refractivity contribution in [2.24, 2.45) is 0 Å². The summed E-state index contributed by atoms with van der Waals surface area (Å²) < 4.78 is 5.83. The topological polar surface area (TPSA) is 38.3 Å². The van der Waals surface area contributed by atoms with Crippen LogP contribution < -0.4 is 5.32 Å². The van der Waals surface area contributed by atoms with Crippen LogP contribution in [-0.2, 0) is 9.53 Å². The Morgan fingerprint density at radius 2 is 1.73 bits per heavy atom. The monoisotopic (exact) mass is 391 g/mol. The minimum absolute atomic E-state index is 0.0742. The smallest absolute Gasteiger partial charge is 0.221 e. The molecule has 0 heterocycles. The summed E-state index contributed by atoms with van der Waals surface area (Å²) in [5.41, 5.74) is 0. The normalized spacial score (nSPS) is 23.2. The lowest BCUT2D eigenvalue weighted by Gasteiger charge is -2.08. The van der Waals surface area contributed by atoms with Crippen LogP contribution in [0.5, 0.6) is 0 Å². The minimum Gasteiger partial charge on any atom is -0.494 e. The van der Waals surface area contributed by atoms with Gasteiger partial charge < -0.3 is 10.1 Å². The molecule has 1 atom stereocenters. The maximum absolute atomic E-state index is 11.5. The Kier molecular flexibility index (Phi) is 13.5. The molecule has 1 rings (SSSR count). The fourth-order valence-electron chi connectivity index (χ4n) is 1.96. The number of allylic oxidation sites excluding steroid dienone is 11. The SMILES string of the molecule is CC(S)CC(=O)NCCSCCCOC1=C/C=C\C=C/C=C\C=C/C=C\1. The highest BCUT2D eigenvalue weighted by atomic mass is 32.2. The van der Waals surface area contributed by atoms with Gasteiger partial charge >= 0.3 is 0 Å². The minimum atomic E-state index is 0.0742. The van der Waals surface area contributed by atoms with Crippen LogP contribution in [0.15, 0.2) is 72.6 Å². The molecule has 5 heteroatoms. The lowest BCUT2D eigenvalue weighted by Crippen LogP contribution is -2.27. The zero-order valence-electron chi connectivity index (χ0n) is 15.3. The van der Waals surface area contributed by atoms with Crippen LogP contribution in [-0.4, -0.2) is 35.8 Å². The van der Waals surface area contributed by atoms with Crippen LogP contribution in [0, 0.1) is 0 Å². The predicted molar refractivity (Wildman–Crippen MR) is 118 cm³/mol. The van der Waals surface area contributed by atoms with Crippen LogP contribution >= 0.6 is 24.4 Å². The molecule has 26 heavy (non-hydrogen) atoms.